The fourth-order valence-corrected chi connectivity index (χ4v) is 2.67. The van der Waals surface area contributed by atoms with E-state index in [1.54, 1.807) is 24.3 Å². The number of hydrogen-bond donors (Lipinski definition) is 2. The quantitative estimate of drug-likeness (QED) is 0.767. The van der Waals surface area contributed by atoms with Gasteiger partial charge in [-0.05, 0) is 32.4 Å². The fraction of sp³-hybridized carbons (Fsp3) is 0.462. The normalized spacial score (nSPS) is 11.3. The van der Waals surface area contributed by atoms with Gasteiger partial charge >= 0.3 is 5.97 Å². The molecule has 0 aliphatic carbocycles. The van der Waals surface area contributed by atoms with Crippen LogP contribution in [0.4, 0.5) is 5.69 Å². The molecule has 0 saturated carbocycles. The molecule has 1 aromatic rings. The Kier molecular flexibility index (Phi) is 5.82. The zero-order chi connectivity index (χ0) is 15.2. The molecule has 2 N–H and O–H groups in total. The SMILES string of the molecule is CC(C)Oc1ccccc1NS(=O)(=O)CCCC(=O)O. The van der Waals surface area contributed by atoms with Crippen molar-refractivity contribution in [2.75, 3.05) is 10.5 Å². The lowest BCUT2D eigenvalue weighted by atomic mass is 10.3. The lowest BCUT2D eigenvalue weighted by Gasteiger charge is -2.15. The summed E-state index contributed by atoms with van der Waals surface area (Å²) >= 11 is 0. The minimum absolute atomic E-state index is 0.0673. The zero-order valence-electron chi connectivity index (χ0n) is 11.5. The maximum atomic E-state index is 11.9. The summed E-state index contributed by atoms with van der Waals surface area (Å²) in [5, 5.41) is 8.51. The first-order valence-electron chi connectivity index (χ1n) is 6.28. The largest absolute Gasteiger partial charge is 0.489 e. The Bertz CT molecular complexity index is 554. The molecule has 0 aliphatic heterocycles. The Hall–Kier alpha value is -1.76. The molecule has 20 heavy (non-hydrogen) atoms. The number of para-hydroxylation sites is 2. The third-order valence-corrected chi connectivity index (χ3v) is 3.68. The van der Waals surface area contributed by atoms with Crippen LogP contribution in [0.2, 0.25) is 0 Å². The summed E-state index contributed by atoms with van der Waals surface area (Å²) in [5.41, 5.74) is 0.358. The van der Waals surface area contributed by atoms with Gasteiger partial charge in [-0.25, -0.2) is 8.42 Å². The molecule has 0 bridgehead atoms. The Labute approximate surface area is 118 Å². The molecule has 0 unspecified atom stereocenters. The zero-order valence-corrected chi connectivity index (χ0v) is 12.3. The summed E-state index contributed by atoms with van der Waals surface area (Å²) < 4.78 is 31.7. The molecule has 0 radical (unpaired) electrons. The van der Waals surface area contributed by atoms with Gasteiger partial charge in [0.2, 0.25) is 10.0 Å². The maximum absolute atomic E-state index is 11.9. The second-order valence-corrected chi connectivity index (χ2v) is 6.42. The number of hydrogen-bond acceptors (Lipinski definition) is 4. The molecule has 0 aliphatic rings. The first-order valence-corrected chi connectivity index (χ1v) is 7.93. The Balaban J connectivity index is 2.74. The lowest BCUT2D eigenvalue weighted by Crippen LogP contribution is -2.18. The van der Waals surface area contributed by atoms with Crippen molar-refractivity contribution in [3.63, 3.8) is 0 Å². The number of ether oxygens (including phenoxy) is 1. The summed E-state index contributed by atoms with van der Waals surface area (Å²) in [6, 6.07) is 6.73. The van der Waals surface area contributed by atoms with Crippen molar-refractivity contribution in [2.45, 2.75) is 32.8 Å². The van der Waals surface area contributed by atoms with Crippen LogP contribution in [-0.4, -0.2) is 31.4 Å². The van der Waals surface area contributed by atoms with E-state index < -0.39 is 16.0 Å². The number of nitrogens with one attached hydrogen (secondary N) is 1. The monoisotopic (exact) mass is 301 g/mol. The van der Waals surface area contributed by atoms with E-state index in [9.17, 15) is 13.2 Å². The van der Waals surface area contributed by atoms with E-state index in [1.807, 2.05) is 13.8 Å². The minimum Gasteiger partial charge on any atom is -0.489 e. The second kappa shape index (κ2) is 7.14. The second-order valence-electron chi connectivity index (χ2n) is 4.58. The van der Waals surface area contributed by atoms with E-state index in [0.717, 1.165) is 0 Å². The van der Waals surface area contributed by atoms with Crippen LogP contribution in [0.15, 0.2) is 24.3 Å². The summed E-state index contributed by atoms with van der Waals surface area (Å²) in [5.74, 6) is -0.803. The molecule has 0 spiro atoms. The Morgan fingerprint density at radius 1 is 1.35 bits per heavy atom. The van der Waals surface area contributed by atoms with Crippen molar-refractivity contribution in [3.05, 3.63) is 24.3 Å². The summed E-state index contributed by atoms with van der Waals surface area (Å²) in [4.78, 5) is 10.4. The summed E-state index contributed by atoms with van der Waals surface area (Å²) in [7, 11) is -3.58. The Morgan fingerprint density at radius 3 is 2.60 bits per heavy atom. The number of sulfonamides is 1. The van der Waals surface area contributed by atoms with E-state index >= 15 is 0 Å². The maximum Gasteiger partial charge on any atom is 0.303 e. The molecule has 0 fully saturated rings. The first kappa shape index (κ1) is 16.3. The van der Waals surface area contributed by atoms with Crippen LogP contribution in [-0.2, 0) is 14.8 Å². The van der Waals surface area contributed by atoms with Crippen LogP contribution < -0.4 is 9.46 Å². The summed E-state index contributed by atoms with van der Waals surface area (Å²) in [6.45, 7) is 3.69. The molecular weight excluding hydrogens is 282 g/mol. The summed E-state index contributed by atoms with van der Waals surface area (Å²) in [6.07, 6.45) is -0.184. The molecule has 7 heteroatoms. The minimum atomic E-state index is -3.58. The Morgan fingerprint density at radius 2 is 2.00 bits per heavy atom. The number of carboxylic acid groups (broad SMARTS) is 1. The van der Waals surface area contributed by atoms with Gasteiger partial charge in [0.1, 0.15) is 5.75 Å². The van der Waals surface area contributed by atoms with Gasteiger partial charge in [0.25, 0.3) is 0 Å². The van der Waals surface area contributed by atoms with Gasteiger partial charge in [0.05, 0.1) is 17.5 Å². The number of anilines is 1. The molecule has 0 atom stereocenters. The highest BCUT2D eigenvalue weighted by atomic mass is 32.2. The van der Waals surface area contributed by atoms with Crippen LogP contribution in [0.3, 0.4) is 0 Å². The number of carbonyl (C=O) groups is 1. The van der Waals surface area contributed by atoms with Gasteiger partial charge in [-0.3, -0.25) is 9.52 Å². The molecule has 6 nitrogen and oxygen atoms in total. The predicted octanol–water partition coefficient (Wildman–Crippen LogP) is 2.08. The van der Waals surface area contributed by atoms with E-state index in [2.05, 4.69) is 4.72 Å². The average Bonchev–Trinajstić information content (AvgIpc) is 2.29. The fourth-order valence-electron chi connectivity index (χ4n) is 1.54. The topological polar surface area (TPSA) is 92.7 Å². The molecule has 0 saturated heterocycles. The number of benzene rings is 1. The number of carboxylic acids is 1. The molecule has 1 rings (SSSR count). The number of aliphatic carboxylic acids is 1. The smallest absolute Gasteiger partial charge is 0.303 e. The van der Waals surface area contributed by atoms with Crippen molar-refractivity contribution in [2.24, 2.45) is 0 Å². The first-order chi connectivity index (χ1) is 9.30. The molecule has 112 valence electrons. The van der Waals surface area contributed by atoms with Crippen molar-refractivity contribution in [1.82, 2.24) is 0 Å². The van der Waals surface area contributed by atoms with E-state index in [-0.39, 0.29) is 24.7 Å². The van der Waals surface area contributed by atoms with E-state index in [0.29, 0.717) is 11.4 Å². The van der Waals surface area contributed by atoms with E-state index in [1.165, 1.54) is 0 Å². The van der Waals surface area contributed by atoms with Gasteiger partial charge in [0, 0.05) is 6.42 Å². The molecular formula is C13H19NO5S. The van der Waals surface area contributed by atoms with Crippen LogP contribution >= 0.6 is 0 Å². The predicted molar refractivity (Wildman–Crippen MR) is 76.5 cm³/mol. The standard InChI is InChI=1S/C13H19NO5S/c1-10(2)19-12-7-4-3-6-11(12)14-20(17,18)9-5-8-13(15)16/h3-4,6-7,10,14H,5,8-9H2,1-2H3,(H,15,16). The molecule has 1 aromatic carbocycles. The third kappa shape index (κ3) is 5.92. The molecule has 0 heterocycles. The number of rotatable bonds is 8. The molecule has 0 amide bonds. The van der Waals surface area contributed by atoms with Gasteiger partial charge in [-0.1, -0.05) is 12.1 Å². The van der Waals surface area contributed by atoms with Gasteiger partial charge in [-0.15, -0.1) is 0 Å². The lowest BCUT2D eigenvalue weighted by molar-refractivity contribution is -0.137. The van der Waals surface area contributed by atoms with E-state index in [4.69, 9.17) is 9.84 Å². The highest BCUT2D eigenvalue weighted by molar-refractivity contribution is 7.92. The van der Waals surface area contributed by atoms with Crippen LogP contribution in [0.5, 0.6) is 5.75 Å². The van der Waals surface area contributed by atoms with Crippen LogP contribution in [0.1, 0.15) is 26.7 Å². The van der Waals surface area contributed by atoms with Crippen molar-refractivity contribution in [1.29, 1.82) is 0 Å². The van der Waals surface area contributed by atoms with Gasteiger partial charge in [0.15, 0.2) is 0 Å². The highest BCUT2D eigenvalue weighted by Crippen LogP contribution is 2.26. The van der Waals surface area contributed by atoms with Crippen molar-refractivity contribution in [3.8, 4) is 5.75 Å². The third-order valence-electron chi connectivity index (χ3n) is 2.32. The van der Waals surface area contributed by atoms with Crippen LogP contribution in [0.25, 0.3) is 0 Å². The van der Waals surface area contributed by atoms with Crippen molar-refractivity contribution < 1.29 is 23.1 Å². The van der Waals surface area contributed by atoms with Crippen LogP contribution in [0, 0.1) is 0 Å². The average molecular weight is 301 g/mol. The van der Waals surface area contributed by atoms with Gasteiger partial charge in [-0.2, -0.15) is 0 Å². The van der Waals surface area contributed by atoms with Gasteiger partial charge < -0.3 is 9.84 Å². The van der Waals surface area contributed by atoms with Crippen molar-refractivity contribution >= 4 is 21.7 Å². The molecule has 0 aromatic heterocycles. The highest BCUT2D eigenvalue weighted by Gasteiger charge is 2.14.